The number of aryl methyl sites for hydroxylation is 2. The maximum absolute atomic E-state index is 14.2. The molecule has 1 aromatic carbocycles. The first-order chi connectivity index (χ1) is 16.8. The monoisotopic (exact) mass is 514 g/mol. The molecular formula is C27H34N2O4S2. The van der Waals surface area contributed by atoms with Gasteiger partial charge < -0.3 is 14.2 Å². The van der Waals surface area contributed by atoms with Crippen molar-refractivity contribution in [2.45, 2.75) is 64.6 Å². The number of hydrogen-bond donors (Lipinski definition) is 0. The van der Waals surface area contributed by atoms with Crippen LogP contribution in [0.1, 0.15) is 49.6 Å². The van der Waals surface area contributed by atoms with Gasteiger partial charge in [0.25, 0.3) is 5.56 Å². The molecule has 188 valence electrons. The summed E-state index contributed by atoms with van der Waals surface area (Å²) >= 11 is 3.30. The normalized spacial score (nSPS) is 20.7. The maximum atomic E-state index is 14.2. The molecule has 0 saturated carbocycles. The number of thiophene rings is 1. The average molecular weight is 515 g/mol. The predicted molar refractivity (Wildman–Crippen MR) is 143 cm³/mol. The fraction of sp³-hybridized carbons (Fsp3) is 0.556. The summed E-state index contributed by atoms with van der Waals surface area (Å²) in [5, 5.41) is 1.51. The van der Waals surface area contributed by atoms with E-state index in [9.17, 15) is 4.79 Å². The van der Waals surface area contributed by atoms with Crippen LogP contribution < -0.4 is 10.3 Å². The van der Waals surface area contributed by atoms with Crippen molar-refractivity contribution >= 4 is 33.3 Å². The lowest BCUT2D eigenvalue weighted by Crippen LogP contribution is -2.28. The van der Waals surface area contributed by atoms with E-state index in [2.05, 4.69) is 20.8 Å². The molecule has 3 aromatic rings. The summed E-state index contributed by atoms with van der Waals surface area (Å²) in [6, 6.07) is 5.86. The van der Waals surface area contributed by atoms with Crippen LogP contribution >= 0.6 is 23.1 Å². The Balaban J connectivity index is 1.64. The minimum Gasteiger partial charge on any atom is -0.497 e. The molecule has 0 radical (unpaired) electrons. The number of nitrogens with zero attached hydrogens (tertiary/aromatic N) is 2. The molecule has 1 fully saturated rings. The molecule has 2 aliphatic rings. The van der Waals surface area contributed by atoms with Crippen molar-refractivity contribution in [2.75, 3.05) is 26.3 Å². The van der Waals surface area contributed by atoms with E-state index in [4.69, 9.17) is 19.2 Å². The molecule has 0 spiro atoms. The Hall–Kier alpha value is -1.87. The van der Waals surface area contributed by atoms with Crippen molar-refractivity contribution in [2.24, 2.45) is 11.3 Å². The number of methoxy groups -OCH3 is 1. The lowest BCUT2D eigenvalue weighted by Gasteiger charge is -2.33. The predicted octanol–water partition coefficient (Wildman–Crippen LogP) is 5.77. The largest absolute Gasteiger partial charge is 0.497 e. The van der Waals surface area contributed by atoms with Crippen LogP contribution in [0.15, 0.2) is 28.2 Å². The minimum atomic E-state index is 0.0217. The Morgan fingerprint density at radius 3 is 2.83 bits per heavy atom. The molecule has 0 amide bonds. The van der Waals surface area contributed by atoms with E-state index >= 15 is 0 Å². The van der Waals surface area contributed by atoms with E-state index in [0.717, 1.165) is 58.7 Å². The van der Waals surface area contributed by atoms with Crippen LogP contribution in [-0.4, -0.2) is 41.9 Å². The third-order valence-corrected chi connectivity index (χ3v) is 9.52. The molecular weight excluding hydrogens is 480 g/mol. The summed E-state index contributed by atoms with van der Waals surface area (Å²) in [4.78, 5) is 21.5. The minimum absolute atomic E-state index is 0.0217. The molecule has 0 unspecified atom stereocenters. The van der Waals surface area contributed by atoms with Crippen molar-refractivity contribution in [1.29, 1.82) is 0 Å². The number of aromatic nitrogens is 2. The Kier molecular flexibility index (Phi) is 7.00. The molecule has 35 heavy (non-hydrogen) atoms. The molecule has 6 nitrogen and oxygen atoms in total. The lowest BCUT2D eigenvalue weighted by molar-refractivity contribution is -0.130. The second-order valence-corrected chi connectivity index (χ2v) is 12.7. The number of benzene rings is 1. The van der Waals surface area contributed by atoms with Crippen LogP contribution in [0.5, 0.6) is 5.75 Å². The summed E-state index contributed by atoms with van der Waals surface area (Å²) in [7, 11) is 1.65. The van der Waals surface area contributed by atoms with Crippen molar-refractivity contribution in [1.82, 2.24) is 9.55 Å². The summed E-state index contributed by atoms with van der Waals surface area (Å²) in [6.07, 6.45) is 4.01. The van der Waals surface area contributed by atoms with Gasteiger partial charge in [0.15, 0.2) is 5.16 Å². The van der Waals surface area contributed by atoms with E-state index in [1.165, 1.54) is 10.4 Å². The molecule has 2 atom stereocenters. The van der Waals surface area contributed by atoms with Crippen LogP contribution in [0.4, 0.5) is 0 Å². The van der Waals surface area contributed by atoms with Gasteiger partial charge in [-0.25, -0.2) is 4.98 Å². The highest BCUT2D eigenvalue weighted by Gasteiger charge is 2.32. The summed E-state index contributed by atoms with van der Waals surface area (Å²) in [5.41, 5.74) is 3.32. The molecule has 0 bridgehead atoms. The SMILES string of the molecule is COc1ccc(C)c(-n2c(SC[C@H]3CCOCO3)nc3sc4c(c3c2=O)CC[C@@H](C(C)(C)C)C4)c1. The van der Waals surface area contributed by atoms with Gasteiger partial charge in [-0.3, -0.25) is 9.36 Å². The molecule has 2 aromatic heterocycles. The zero-order valence-electron chi connectivity index (χ0n) is 21.2. The first-order valence-electron chi connectivity index (χ1n) is 12.3. The zero-order valence-corrected chi connectivity index (χ0v) is 22.8. The Labute approximate surface area is 215 Å². The first-order valence-corrected chi connectivity index (χ1v) is 14.1. The van der Waals surface area contributed by atoms with Crippen LogP contribution in [0, 0.1) is 18.3 Å². The van der Waals surface area contributed by atoms with E-state index in [1.54, 1.807) is 34.8 Å². The molecule has 5 rings (SSSR count). The Morgan fingerprint density at radius 1 is 1.29 bits per heavy atom. The number of hydrogen-bond acceptors (Lipinski definition) is 7. The number of fused-ring (bicyclic) bond motifs is 3. The van der Waals surface area contributed by atoms with Gasteiger partial charge in [0.1, 0.15) is 17.4 Å². The fourth-order valence-corrected chi connectivity index (χ4v) is 7.42. The Morgan fingerprint density at radius 2 is 2.11 bits per heavy atom. The van der Waals surface area contributed by atoms with E-state index < -0.39 is 0 Å². The average Bonchev–Trinajstić information content (AvgIpc) is 3.21. The quantitative estimate of drug-likeness (QED) is 0.318. The number of ether oxygens (including phenoxy) is 3. The van der Waals surface area contributed by atoms with Gasteiger partial charge in [-0.2, -0.15) is 0 Å². The molecule has 1 aliphatic heterocycles. The van der Waals surface area contributed by atoms with Crippen LogP contribution in [0.25, 0.3) is 15.9 Å². The molecule has 1 aliphatic carbocycles. The standard InChI is InChI=1S/C27H34N2O4S2/c1-16-6-8-18(31-5)13-21(16)29-25(30)23-20-9-7-17(27(2,3)4)12-22(20)35-24(23)28-26(29)34-14-19-10-11-32-15-33-19/h6,8,13,17,19H,7,9-12,14-15H2,1-5H3/t17-,19-/m1/s1. The van der Waals surface area contributed by atoms with E-state index in [0.29, 0.717) is 24.5 Å². The van der Waals surface area contributed by atoms with Gasteiger partial charge in [-0.1, -0.05) is 38.6 Å². The summed E-state index contributed by atoms with van der Waals surface area (Å²) in [6.45, 7) is 10.0. The van der Waals surface area contributed by atoms with Crippen LogP contribution in [0.3, 0.4) is 0 Å². The maximum Gasteiger partial charge on any atom is 0.267 e. The lowest BCUT2D eigenvalue weighted by atomic mass is 9.72. The van der Waals surface area contributed by atoms with Gasteiger partial charge in [0, 0.05) is 16.7 Å². The highest BCUT2D eigenvalue weighted by Crippen LogP contribution is 2.42. The van der Waals surface area contributed by atoms with Crippen LogP contribution in [-0.2, 0) is 22.3 Å². The molecule has 0 N–H and O–H groups in total. The third kappa shape index (κ3) is 4.90. The van der Waals surface area contributed by atoms with Gasteiger partial charge in [0.05, 0.1) is 30.9 Å². The third-order valence-electron chi connectivity index (χ3n) is 7.30. The summed E-state index contributed by atoms with van der Waals surface area (Å²) < 4.78 is 18.4. The fourth-order valence-electron chi connectivity index (χ4n) is 5.01. The van der Waals surface area contributed by atoms with Gasteiger partial charge >= 0.3 is 0 Å². The molecule has 8 heteroatoms. The number of rotatable bonds is 5. The first kappa shape index (κ1) is 24.8. The zero-order chi connectivity index (χ0) is 24.7. The second-order valence-electron chi connectivity index (χ2n) is 10.6. The number of thioether (sulfide) groups is 1. The van der Waals surface area contributed by atoms with Gasteiger partial charge in [-0.15, -0.1) is 11.3 Å². The molecule has 3 heterocycles. The van der Waals surface area contributed by atoms with Crippen molar-refractivity contribution < 1.29 is 14.2 Å². The van der Waals surface area contributed by atoms with Gasteiger partial charge in [0.2, 0.25) is 0 Å². The van der Waals surface area contributed by atoms with E-state index in [-0.39, 0.29) is 17.1 Å². The Bertz CT molecular complexity index is 1290. The smallest absolute Gasteiger partial charge is 0.267 e. The molecule has 1 saturated heterocycles. The van der Waals surface area contributed by atoms with Crippen molar-refractivity contribution in [3.63, 3.8) is 0 Å². The van der Waals surface area contributed by atoms with Crippen LogP contribution in [0.2, 0.25) is 0 Å². The van der Waals surface area contributed by atoms with Gasteiger partial charge in [-0.05, 0) is 61.1 Å². The van der Waals surface area contributed by atoms with E-state index in [1.807, 2.05) is 25.1 Å². The topological polar surface area (TPSA) is 62.6 Å². The highest BCUT2D eigenvalue weighted by atomic mass is 32.2. The highest BCUT2D eigenvalue weighted by molar-refractivity contribution is 7.99. The summed E-state index contributed by atoms with van der Waals surface area (Å²) in [5.74, 6) is 2.06. The van der Waals surface area contributed by atoms with Crippen molar-refractivity contribution in [3.05, 3.63) is 44.6 Å². The van der Waals surface area contributed by atoms with Crippen molar-refractivity contribution in [3.8, 4) is 11.4 Å². The second kappa shape index (κ2) is 9.88.